The highest BCUT2D eigenvalue weighted by molar-refractivity contribution is 14.0. The lowest BCUT2D eigenvalue weighted by molar-refractivity contribution is -0.00502. The van der Waals surface area contributed by atoms with Gasteiger partial charge in [0, 0.05) is 32.3 Å². The van der Waals surface area contributed by atoms with Crippen LogP contribution in [0.2, 0.25) is 0 Å². The number of guanidine groups is 1. The summed E-state index contributed by atoms with van der Waals surface area (Å²) in [7, 11) is 6.08. The summed E-state index contributed by atoms with van der Waals surface area (Å²) in [4.78, 5) is 6.73. The maximum atomic E-state index is 5.76. The van der Waals surface area contributed by atoms with E-state index in [1.54, 1.807) is 7.05 Å². The monoisotopic (exact) mass is 534 g/mol. The highest BCUT2D eigenvalue weighted by Gasteiger charge is 2.34. The Morgan fingerprint density at radius 1 is 1.17 bits per heavy atom. The molecule has 30 heavy (non-hydrogen) atoms. The Balaban J connectivity index is 0.00000450. The molecule has 1 fully saturated rings. The second kappa shape index (κ2) is 13.2. The Hall–Kier alpha value is -1.26. The maximum absolute atomic E-state index is 5.76. The Kier molecular flexibility index (Phi) is 11.8. The molecule has 0 radical (unpaired) electrons. The fraction of sp³-hybridized carbons (Fsp3) is 0.682. The van der Waals surface area contributed by atoms with Gasteiger partial charge in [0.2, 0.25) is 0 Å². The van der Waals surface area contributed by atoms with E-state index in [0.29, 0.717) is 13.2 Å². The van der Waals surface area contributed by atoms with Gasteiger partial charge in [-0.05, 0) is 65.4 Å². The molecule has 1 aromatic carbocycles. The van der Waals surface area contributed by atoms with Gasteiger partial charge in [0.05, 0.1) is 19.3 Å². The zero-order chi connectivity index (χ0) is 21.3. The Morgan fingerprint density at radius 2 is 1.80 bits per heavy atom. The average Bonchev–Trinajstić information content (AvgIpc) is 2.73. The van der Waals surface area contributed by atoms with Crippen LogP contribution in [0.3, 0.4) is 0 Å². The molecule has 2 N–H and O–H groups in total. The summed E-state index contributed by atoms with van der Waals surface area (Å²) in [6, 6.07) is 6.15. The first-order valence-electron chi connectivity index (χ1n) is 10.6. The van der Waals surface area contributed by atoms with E-state index < -0.39 is 0 Å². The molecule has 0 amide bonds. The minimum Gasteiger partial charge on any atom is -0.490 e. The van der Waals surface area contributed by atoms with Crippen LogP contribution < -0.4 is 20.1 Å². The lowest BCUT2D eigenvalue weighted by Crippen LogP contribution is -2.57. The molecule has 0 aromatic heterocycles. The smallest absolute Gasteiger partial charge is 0.191 e. The van der Waals surface area contributed by atoms with Crippen molar-refractivity contribution in [1.82, 2.24) is 15.5 Å². The van der Waals surface area contributed by atoms with Crippen molar-refractivity contribution >= 4 is 29.9 Å². The molecule has 0 aliphatic carbocycles. The van der Waals surface area contributed by atoms with Crippen molar-refractivity contribution in [1.29, 1.82) is 0 Å². The van der Waals surface area contributed by atoms with E-state index in [2.05, 4.69) is 47.6 Å². The molecule has 7 nitrogen and oxygen atoms in total. The lowest BCUT2D eigenvalue weighted by Gasteiger charge is -2.43. The van der Waals surface area contributed by atoms with Gasteiger partial charge in [-0.15, -0.1) is 24.0 Å². The fourth-order valence-electron chi connectivity index (χ4n) is 3.60. The molecule has 0 saturated carbocycles. The predicted octanol–water partition coefficient (Wildman–Crippen LogP) is 3.44. The van der Waals surface area contributed by atoms with E-state index >= 15 is 0 Å². The molecule has 1 aliphatic heterocycles. The standard InChI is InChI=1S/C22H38N4O3.HI/c1-7-28-19-10-9-18(15-20(19)29-8-2)17(3)25-21(23-4)24-16-22(26(5)6)11-13-27-14-12-22;/h9-10,15,17H,7-8,11-14,16H2,1-6H3,(H2,23,24,25);1H. The molecule has 1 saturated heterocycles. The van der Waals surface area contributed by atoms with Crippen LogP contribution in [0, 0.1) is 0 Å². The molecule has 1 atom stereocenters. The summed E-state index contributed by atoms with van der Waals surface area (Å²) in [5.41, 5.74) is 1.20. The predicted molar refractivity (Wildman–Crippen MR) is 134 cm³/mol. The number of aliphatic imine (C=N–C) groups is 1. The summed E-state index contributed by atoms with van der Waals surface area (Å²) in [5, 5.41) is 7.01. The third-order valence-corrected chi connectivity index (χ3v) is 5.60. The summed E-state index contributed by atoms with van der Waals surface area (Å²) < 4.78 is 17.0. The van der Waals surface area contributed by atoms with Crippen LogP contribution in [-0.4, -0.2) is 70.5 Å². The van der Waals surface area contributed by atoms with Crippen LogP contribution in [-0.2, 0) is 4.74 Å². The van der Waals surface area contributed by atoms with Crippen molar-refractivity contribution in [2.24, 2.45) is 4.99 Å². The topological polar surface area (TPSA) is 67.4 Å². The molecule has 172 valence electrons. The summed E-state index contributed by atoms with van der Waals surface area (Å²) >= 11 is 0. The number of hydrogen-bond donors (Lipinski definition) is 2. The summed E-state index contributed by atoms with van der Waals surface area (Å²) in [5.74, 6) is 2.34. The molecule has 1 aromatic rings. The van der Waals surface area contributed by atoms with Crippen LogP contribution in [0.25, 0.3) is 0 Å². The summed E-state index contributed by atoms with van der Waals surface area (Å²) in [6.45, 7) is 9.71. The molecule has 1 aliphatic rings. The van der Waals surface area contributed by atoms with Crippen molar-refractivity contribution < 1.29 is 14.2 Å². The van der Waals surface area contributed by atoms with E-state index in [1.165, 1.54) is 0 Å². The first-order valence-corrected chi connectivity index (χ1v) is 10.6. The van der Waals surface area contributed by atoms with Gasteiger partial charge in [0.25, 0.3) is 0 Å². The van der Waals surface area contributed by atoms with E-state index in [0.717, 1.165) is 55.6 Å². The normalized spacial score (nSPS) is 17.1. The second-order valence-corrected chi connectivity index (χ2v) is 7.60. The highest BCUT2D eigenvalue weighted by Crippen LogP contribution is 2.31. The van der Waals surface area contributed by atoms with E-state index in [-0.39, 0.29) is 35.6 Å². The lowest BCUT2D eigenvalue weighted by atomic mass is 9.88. The van der Waals surface area contributed by atoms with Gasteiger partial charge in [0.1, 0.15) is 0 Å². The molecule has 1 heterocycles. The van der Waals surface area contributed by atoms with Crippen molar-refractivity contribution in [3.05, 3.63) is 23.8 Å². The zero-order valence-corrected chi connectivity index (χ0v) is 21.6. The van der Waals surface area contributed by atoms with Crippen LogP contribution in [0.1, 0.15) is 45.2 Å². The third kappa shape index (κ3) is 7.16. The minimum atomic E-state index is 0. The van der Waals surface area contributed by atoms with Crippen LogP contribution in [0.15, 0.2) is 23.2 Å². The first kappa shape index (κ1) is 26.8. The van der Waals surface area contributed by atoms with Crippen LogP contribution in [0.5, 0.6) is 11.5 Å². The molecule has 0 spiro atoms. The van der Waals surface area contributed by atoms with Gasteiger partial charge in [-0.25, -0.2) is 0 Å². The maximum Gasteiger partial charge on any atom is 0.191 e. The molecule has 2 rings (SSSR count). The van der Waals surface area contributed by atoms with Crippen LogP contribution >= 0.6 is 24.0 Å². The van der Waals surface area contributed by atoms with Gasteiger partial charge < -0.3 is 29.7 Å². The number of hydrogen-bond acceptors (Lipinski definition) is 5. The number of likely N-dealkylation sites (N-methyl/N-ethyl adjacent to an activating group) is 1. The quantitative estimate of drug-likeness (QED) is 0.288. The van der Waals surface area contributed by atoms with E-state index in [9.17, 15) is 0 Å². The van der Waals surface area contributed by atoms with E-state index in [4.69, 9.17) is 14.2 Å². The van der Waals surface area contributed by atoms with Gasteiger partial charge in [-0.2, -0.15) is 0 Å². The molecular formula is C22H39IN4O3. The SMILES string of the molecule is CCOc1ccc(C(C)NC(=NC)NCC2(N(C)C)CCOCC2)cc1OCC.I. The number of halogens is 1. The van der Waals surface area contributed by atoms with Crippen molar-refractivity contribution in [2.45, 2.75) is 45.2 Å². The van der Waals surface area contributed by atoms with Gasteiger partial charge in [-0.3, -0.25) is 4.99 Å². The molecule has 1 unspecified atom stereocenters. The Labute approximate surface area is 199 Å². The van der Waals surface area contributed by atoms with E-state index in [1.807, 2.05) is 26.0 Å². The summed E-state index contributed by atoms with van der Waals surface area (Å²) in [6.07, 6.45) is 2.02. The number of nitrogens with zero attached hydrogens (tertiary/aromatic N) is 2. The third-order valence-electron chi connectivity index (χ3n) is 5.60. The number of benzene rings is 1. The molecular weight excluding hydrogens is 495 g/mol. The van der Waals surface area contributed by atoms with Crippen LogP contribution in [0.4, 0.5) is 0 Å². The molecule has 8 heteroatoms. The number of ether oxygens (including phenoxy) is 3. The number of rotatable bonds is 9. The highest BCUT2D eigenvalue weighted by atomic mass is 127. The largest absolute Gasteiger partial charge is 0.490 e. The minimum absolute atomic E-state index is 0. The van der Waals surface area contributed by atoms with Gasteiger partial charge in [0.15, 0.2) is 17.5 Å². The Morgan fingerprint density at radius 3 is 2.37 bits per heavy atom. The fourth-order valence-corrected chi connectivity index (χ4v) is 3.60. The van der Waals surface area contributed by atoms with Crippen molar-refractivity contribution in [2.75, 3.05) is 54.1 Å². The zero-order valence-electron chi connectivity index (χ0n) is 19.3. The average molecular weight is 534 g/mol. The first-order chi connectivity index (χ1) is 14.0. The molecule has 0 bridgehead atoms. The Bertz CT molecular complexity index is 664. The van der Waals surface area contributed by atoms with Gasteiger partial charge >= 0.3 is 0 Å². The number of nitrogens with one attached hydrogen (secondary N) is 2. The van der Waals surface area contributed by atoms with Gasteiger partial charge in [-0.1, -0.05) is 6.07 Å². The van der Waals surface area contributed by atoms with Crippen molar-refractivity contribution in [3.63, 3.8) is 0 Å². The second-order valence-electron chi connectivity index (χ2n) is 7.60. The van der Waals surface area contributed by atoms with Crippen molar-refractivity contribution in [3.8, 4) is 11.5 Å².